The smallest absolute Gasteiger partial charge is 0.426 e. The van der Waals surface area contributed by atoms with Crippen molar-refractivity contribution < 1.29 is 44.6 Å². The number of carbonyl (C=O) groups is 1. The van der Waals surface area contributed by atoms with E-state index in [1.165, 1.54) is 24.5 Å². The zero-order valence-electron chi connectivity index (χ0n) is 14.0. The van der Waals surface area contributed by atoms with Gasteiger partial charge in [-0.25, -0.2) is 9.00 Å². The van der Waals surface area contributed by atoms with Gasteiger partial charge in [0.05, 0.1) is 11.9 Å². The number of nitrogens with zero attached hydrogens (tertiary/aromatic N) is 3. The van der Waals surface area contributed by atoms with E-state index in [-0.39, 0.29) is 25.9 Å². The number of piperidine rings is 1. The summed E-state index contributed by atoms with van der Waals surface area (Å²) >= 11 is -2.45. The first-order valence-electron chi connectivity index (χ1n) is 7.80. The molecular formula is C14H15F6N3O4S. The molecule has 1 N–H and O–H groups in total. The molecular weight excluding hydrogens is 420 g/mol. The third-order valence-electron chi connectivity index (χ3n) is 3.94. The fourth-order valence-corrected chi connectivity index (χ4v) is 3.44. The lowest BCUT2D eigenvalue weighted by atomic mass is 10.1. The Kier molecular flexibility index (Phi) is 6.75. The van der Waals surface area contributed by atoms with Crippen LogP contribution in [-0.4, -0.2) is 62.3 Å². The Morgan fingerprint density at radius 1 is 1.25 bits per heavy atom. The molecule has 0 aromatic carbocycles. The van der Waals surface area contributed by atoms with Crippen LogP contribution < -0.4 is 4.31 Å². The standard InChI is InChI=1S/C14H15F6N3O4S/c15-13(16,17)11(14(18,19)20)27-12(24)22-6-3-9(4-7-22)23(28(25)26)10-2-1-5-21-8-10/h1-2,5,8-9,11H,3-4,6-7H2,(H,25,26). The molecule has 1 aromatic heterocycles. The molecule has 1 fully saturated rings. The highest BCUT2D eigenvalue weighted by Gasteiger charge is 2.60. The van der Waals surface area contributed by atoms with Gasteiger partial charge in [-0.1, -0.05) is 0 Å². The van der Waals surface area contributed by atoms with Crippen molar-refractivity contribution in [2.45, 2.75) is 37.3 Å². The average molecular weight is 435 g/mol. The first kappa shape index (κ1) is 22.2. The van der Waals surface area contributed by atoms with Crippen molar-refractivity contribution in [3.8, 4) is 0 Å². The second-order valence-electron chi connectivity index (χ2n) is 5.83. The number of rotatable bonds is 4. The van der Waals surface area contributed by atoms with Crippen molar-refractivity contribution in [1.29, 1.82) is 0 Å². The molecule has 1 aliphatic heterocycles. The SMILES string of the molecule is O=C(OC(C(F)(F)F)C(F)(F)F)N1CCC(N(c2cccnc2)S(=O)O)CC1. The van der Waals surface area contributed by atoms with Gasteiger partial charge in [0.1, 0.15) is 0 Å². The Morgan fingerprint density at radius 3 is 2.25 bits per heavy atom. The fourth-order valence-electron chi connectivity index (χ4n) is 2.69. The van der Waals surface area contributed by atoms with Crippen LogP contribution in [0.3, 0.4) is 0 Å². The molecule has 1 unspecified atom stereocenters. The molecule has 0 bridgehead atoms. The number of alkyl halides is 6. The number of ether oxygens (including phenoxy) is 1. The summed E-state index contributed by atoms with van der Waals surface area (Å²) < 4.78 is 101. The lowest BCUT2D eigenvalue weighted by Crippen LogP contribution is -2.51. The van der Waals surface area contributed by atoms with Crippen molar-refractivity contribution in [2.24, 2.45) is 0 Å². The maximum absolute atomic E-state index is 12.5. The van der Waals surface area contributed by atoms with E-state index in [0.717, 1.165) is 4.31 Å². The maximum atomic E-state index is 12.5. The third-order valence-corrected chi connectivity index (χ3v) is 4.78. The van der Waals surface area contributed by atoms with Crippen LogP contribution in [0.1, 0.15) is 12.8 Å². The van der Waals surface area contributed by atoms with Crippen LogP contribution in [0.4, 0.5) is 36.8 Å². The minimum absolute atomic E-state index is 0.0268. The highest BCUT2D eigenvalue weighted by molar-refractivity contribution is 7.80. The second-order valence-corrected chi connectivity index (χ2v) is 6.69. The highest BCUT2D eigenvalue weighted by atomic mass is 32.2. The maximum Gasteiger partial charge on any atom is 0.434 e. The van der Waals surface area contributed by atoms with E-state index >= 15 is 0 Å². The number of aromatic nitrogens is 1. The Hall–Kier alpha value is -2.09. The monoisotopic (exact) mass is 435 g/mol. The Balaban J connectivity index is 2.02. The first-order chi connectivity index (χ1) is 12.9. The van der Waals surface area contributed by atoms with Crippen molar-refractivity contribution in [2.75, 3.05) is 17.4 Å². The van der Waals surface area contributed by atoms with Gasteiger partial charge in [-0.05, 0) is 25.0 Å². The summed E-state index contributed by atoms with van der Waals surface area (Å²) in [5, 5.41) is 0. The lowest BCUT2D eigenvalue weighted by Gasteiger charge is -2.37. The largest absolute Gasteiger partial charge is 0.434 e. The van der Waals surface area contributed by atoms with Crippen LogP contribution in [0.25, 0.3) is 0 Å². The average Bonchev–Trinajstić information content (AvgIpc) is 2.59. The van der Waals surface area contributed by atoms with Gasteiger partial charge in [-0.2, -0.15) is 26.3 Å². The van der Waals surface area contributed by atoms with Gasteiger partial charge in [-0.3, -0.25) is 13.8 Å². The zero-order valence-corrected chi connectivity index (χ0v) is 14.8. The van der Waals surface area contributed by atoms with Gasteiger partial charge in [0.2, 0.25) is 0 Å². The number of amides is 1. The van der Waals surface area contributed by atoms with E-state index in [1.54, 1.807) is 0 Å². The van der Waals surface area contributed by atoms with Gasteiger partial charge >= 0.3 is 18.4 Å². The molecule has 28 heavy (non-hydrogen) atoms. The molecule has 158 valence electrons. The van der Waals surface area contributed by atoms with Gasteiger partial charge in [-0.15, -0.1) is 0 Å². The van der Waals surface area contributed by atoms with Crippen LogP contribution in [0.5, 0.6) is 0 Å². The fraction of sp³-hybridized carbons (Fsp3) is 0.571. The molecule has 1 amide bonds. The van der Waals surface area contributed by atoms with E-state index in [9.17, 15) is 39.9 Å². The van der Waals surface area contributed by atoms with Crippen LogP contribution in [0.15, 0.2) is 24.5 Å². The molecule has 1 saturated heterocycles. The van der Waals surface area contributed by atoms with Gasteiger partial charge in [0.25, 0.3) is 17.4 Å². The summed E-state index contributed by atoms with van der Waals surface area (Å²) in [5.74, 6) is 0. The topological polar surface area (TPSA) is 83.0 Å². The highest BCUT2D eigenvalue weighted by Crippen LogP contribution is 2.36. The van der Waals surface area contributed by atoms with Gasteiger partial charge < -0.3 is 9.64 Å². The first-order valence-corrected chi connectivity index (χ1v) is 8.87. The molecule has 0 spiro atoms. The minimum Gasteiger partial charge on any atom is -0.426 e. The molecule has 1 atom stereocenters. The van der Waals surface area contributed by atoms with Crippen LogP contribution in [0.2, 0.25) is 0 Å². The number of likely N-dealkylation sites (tertiary alicyclic amines) is 1. The van der Waals surface area contributed by atoms with E-state index in [4.69, 9.17) is 0 Å². The van der Waals surface area contributed by atoms with Crippen molar-refractivity contribution in [3.63, 3.8) is 0 Å². The Labute approximate surface area is 157 Å². The van der Waals surface area contributed by atoms with Gasteiger partial charge in [0, 0.05) is 25.3 Å². The number of halogens is 6. The number of pyridine rings is 1. The number of carbonyl (C=O) groups excluding carboxylic acids is 1. The van der Waals surface area contributed by atoms with Crippen molar-refractivity contribution >= 4 is 23.0 Å². The molecule has 1 aromatic rings. The summed E-state index contributed by atoms with van der Waals surface area (Å²) in [6.45, 7) is -0.500. The lowest BCUT2D eigenvalue weighted by molar-refractivity contribution is -0.308. The quantitative estimate of drug-likeness (QED) is 0.581. The third kappa shape index (κ3) is 5.47. The molecule has 2 heterocycles. The minimum atomic E-state index is -5.79. The molecule has 1 aliphatic rings. The Bertz CT molecular complexity index is 681. The molecule has 0 radical (unpaired) electrons. The summed E-state index contributed by atoms with van der Waals surface area (Å²) in [6, 6.07) is 2.45. The summed E-state index contributed by atoms with van der Waals surface area (Å²) in [6.07, 6.45) is -14.7. The second kappa shape index (κ2) is 8.51. The van der Waals surface area contributed by atoms with Crippen LogP contribution in [-0.2, 0) is 16.0 Å². The summed E-state index contributed by atoms with van der Waals surface area (Å²) in [4.78, 5) is 16.3. The molecule has 2 rings (SSSR count). The van der Waals surface area contributed by atoms with Gasteiger partial charge in [0.15, 0.2) is 0 Å². The molecule has 0 aliphatic carbocycles. The van der Waals surface area contributed by atoms with E-state index in [2.05, 4.69) is 9.72 Å². The van der Waals surface area contributed by atoms with Crippen molar-refractivity contribution in [1.82, 2.24) is 9.88 Å². The summed E-state index contributed by atoms with van der Waals surface area (Å²) in [7, 11) is 0. The number of hydrogen-bond donors (Lipinski definition) is 1. The van der Waals surface area contributed by atoms with Crippen LogP contribution >= 0.6 is 0 Å². The number of anilines is 1. The van der Waals surface area contributed by atoms with E-state index in [0.29, 0.717) is 10.6 Å². The van der Waals surface area contributed by atoms with E-state index < -0.39 is 41.9 Å². The van der Waals surface area contributed by atoms with Crippen molar-refractivity contribution in [3.05, 3.63) is 24.5 Å². The summed E-state index contributed by atoms with van der Waals surface area (Å²) in [5.41, 5.74) is 0.304. The predicted molar refractivity (Wildman–Crippen MR) is 84.5 cm³/mol. The van der Waals surface area contributed by atoms with Crippen LogP contribution in [0, 0.1) is 0 Å². The zero-order chi connectivity index (χ0) is 21.1. The normalized spacial score (nSPS) is 17.5. The molecule has 7 nitrogen and oxygen atoms in total. The molecule has 0 saturated carbocycles. The molecule has 14 heteroatoms. The number of hydrogen-bond acceptors (Lipinski definition) is 4. The van der Waals surface area contributed by atoms with E-state index in [1.807, 2.05) is 0 Å². The Morgan fingerprint density at radius 2 is 1.82 bits per heavy atom. The predicted octanol–water partition coefficient (Wildman–Crippen LogP) is 3.12.